The zero-order valence-corrected chi connectivity index (χ0v) is 15.9. The van der Waals surface area contributed by atoms with Crippen molar-refractivity contribution < 1.29 is 19.1 Å². The quantitative estimate of drug-likeness (QED) is 0.782. The minimum atomic E-state index is -0.942. The van der Waals surface area contributed by atoms with Crippen molar-refractivity contribution in [3.05, 3.63) is 54.1 Å². The molecule has 1 N–H and O–H groups in total. The van der Waals surface area contributed by atoms with Crippen LogP contribution in [-0.4, -0.2) is 48.5 Å². The summed E-state index contributed by atoms with van der Waals surface area (Å²) in [5, 5.41) is 11.8. The second kappa shape index (κ2) is 7.34. The molecule has 2 aliphatic rings. The molecule has 29 heavy (non-hydrogen) atoms. The molecule has 0 radical (unpaired) electrons. The average Bonchev–Trinajstić information content (AvgIpc) is 3.23. The smallest absolute Gasteiger partial charge is 0.263 e. The van der Waals surface area contributed by atoms with Gasteiger partial charge >= 0.3 is 0 Å². The van der Waals surface area contributed by atoms with Crippen molar-refractivity contribution in [3.63, 3.8) is 0 Å². The number of rotatable bonds is 5. The molecule has 2 aliphatic heterocycles. The van der Waals surface area contributed by atoms with Gasteiger partial charge in [-0.25, -0.2) is 4.90 Å². The van der Waals surface area contributed by atoms with Crippen molar-refractivity contribution in [1.29, 1.82) is 0 Å². The number of aryl methyl sites for hydroxylation is 1. The van der Waals surface area contributed by atoms with Crippen LogP contribution in [0.3, 0.4) is 0 Å². The van der Waals surface area contributed by atoms with Gasteiger partial charge in [0.15, 0.2) is 12.1 Å². The number of fused-ring (bicyclic) bond motifs is 1. The maximum atomic E-state index is 12.9. The number of carbonyl (C=O) groups is 3. The Morgan fingerprint density at radius 2 is 1.83 bits per heavy atom. The fourth-order valence-electron chi connectivity index (χ4n) is 3.39. The molecule has 0 spiro atoms. The van der Waals surface area contributed by atoms with E-state index >= 15 is 0 Å². The summed E-state index contributed by atoms with van der Waals surface area (Å²) in [6.45, 7) is 1.70. The fourth-order valence-corrected chi connectivity index (χ4v) is 3.39. The summed E-state index contributed by atoms with van der Waals surface area (Å²) in [5.41, 5.74) is 2.00. The first-order chi connectivity index (χ1) is 14.0. The minimum Gasteiger partial charge on any atom is -0.495 e. The molecular formula is C20H19N5O4. The average molecular weight is 393 g/mol. The lowest BCUT2D eigenvalue weighted by atomic mass is 10.1. The maximum absolute atomic E-state index is 12.9. The van der Waals surface area contributed by atoms with Crippen molar-refractivity contribution in [1.82, 2.24) is 5.01 Å². The molecule has 0 aromatic heterocycles. The number of nitrogens with zero attached hydrogens (tertiary/aromatic N) is 4. The number of methoxy groups -OCH3 is 1. The van der Waals surface area contributed by atoms with Crippen LogP contribution in [0, 0.1) is 6.92 Å². The van der Waals surface area contributed by atoms with Gasteiger partial charge in [0.1, 0.15) is 12.3 Å². The summed E-state index contributed by atoms with van der Waals surface area (Å²) in [6.07, 6.45) is 0. The number of para-hydroxylation sites is 2. The van der Waals surface area contributed by atoms with Crippen LogP contribution in [0.1, 0.15) is 5.56 Å². The predicted octanol–water partition coefficient (Wildman–Crippen LogP) is 1.94. The minimum absolute atomic E-state index is 0.219. The van der Waals surface area contributed by atoms with Gasteiger partial charge in [-0.2, -0.15) is 5.11 Å². The highest BCUT2D eigenvalue weighted by molar-refractivity contribution is 6.25. The van der Waals surface area contributed by atoms with E-state index in [1.54, 1.807) is 36.4 Å². The molecule has 0 unspecified atom stereocenters. The number of amides is 3. The van der Waals surface area contributed by atoms with Crippen LogP contribution in [0.25, 0.3) is 0 Å². The summed E-state index contributed by atoms with van der Waals surface area (Å²) in [4.78, 5) is 39.2. The predicted molar refractivity (Wildman–Crippen MR) is 104 cm³/mol. The van der Waals surface area contributed by atoms with Crippen molar-refractivity contribution in [2.24, 2.45) is 10.3 Å². The lowest BCUT2D eigenvalue weighted by molar-refractivity contribution is -0.123. The van der Waals surface area contributed by atoms with Crippen molar-refractivity contribution >= 4 is 29.1 Å². The standard InChI is InChI=1S/C20H19N5O4/c1-12-7-9-13(10-8-12)25-19(27)17-18(20(25)28)24(23-22-17)11-16(26)21-14-5-3-4-6-15(14)29-2/h3-10,17-18H,11H2,1-2H3,(H,21,26)/t17-,18-/m0/s1. The molecule has 9 heteroatoms. The van der Waals surface area contributed by atoms with E-state index in [-0.39, 0.29) is 6.54 Å². The van der Waals surface area contributed by atoms with Crippen molar-refractivity contribution in [2.75, 3.05) is 23.9 Å². The highest BCUT2D eigenvalue weighted by Crippen LogP contribution is 2.32. The molecule has 2 heterocycles. The highest BCUT2D eigenvalue weighted by atomic mass is 16.5. The molecule has 1 saturated heterocycles. The van der Waals surface area contributed by atoms with Gasteiger partial charge in [-0.05, 0) is 31.2 Å². The van der Waals surface area contributed by atoms with Crippen molar-refractivity contribution in [2.45, 2.75) is 19.0 Å². The van der Waals surface area contributed by atoms with Crippen molar-refractivity contribution in [3.8, 4) is 5.75 Å². The second-order valence-corrected chi connectivity index (χ2v) is 6.79. The lowest BCUT2D eigenvalue weighted by Gasteiger charge is -2.20. The Hall–Kier alpha value is -3.75. The third-order valence-corrected chi connectivity index (χ3v) is 4.84. The molecule has 148 valence electrons. The normalized spacial score (nSPS) is 20.2. The van der Waals surface area contributed by atoms with Gasteiger partial charge in [0.05, 0.1) is 18.5 Å². The molecule has 2 aromatic carbocycles. The molecule has 3 amide bonds. The Bertz CT molecular complexity index is 1000. The summed E-state index contributed by atoms with van der Waals surface area (Å²) in [7, 11) is 1.51. The molecule has 9 nitrogen and oxygen atoms in total. The van der Waals surface area contributed by atoms with Crippen LogP contribution in [0.5, 0.6) is 5.75 Å². The molecule has 2 atom stereocenters. The Kier molecular flexibility index (Phi) is 4.71. The lowest BCUT2D eigenvalue weighted by Crippen LogP contribution is -2.43. The number of hydrogen-bond acceptors (Lipinski definition) is 7. The Balaban J connectivity index is 1.49. The van der Waals surface area contributed by atoms with Crippen LogP contribution in [0.2, 0.25) is 0 Å². The van der Waals surface area contributed by atoms with Gasteiger partial charge in [0.25, 0.3) is 11.8 Å². The molecule has 0 saturated carbocycles. The van der Waals surface area contributed by atoms with E-state index in [2.05, 4.69) is 15.7 Å². The van der Waals surface area contributed by atoms with E-state index in [1.165, 1.54) is 12.1 Å². The summed E-state index contributed by atoms with van der Waals surface area (Å²) in [6, 6.07) is 12.2. The summed E-state index contributed by atoms with van der Waals surface area (Å²) < 4.78 is 5.21. The van der Waals surface area contributed by atoms with Gasteiger partial charge < -0.3 is 10.1 Å². The van der Waals surface area contributed by atoms with Gasteiger partial charge in [-0.3, -0.25) is 19.4 Å². The number of hydrogen-bond donors (Lipinski definition) is 1. The first-order valence-electron chi connectivity index (χ1n) is 9.04. The molecular weight excluding hydrogens is 374 g/mol. The number of carbonyl (C=O) groups excluding carboxylic acids is 3. The van der Waals surface area contributed by atoms with E-state index in [9.17, 15) is 14.4 Å². The first kappa shape index (κ1) is 18.6. The molecule has 0 aliphatic carbocycles. The van der Waals surface area contributed by atoms with Gasteiger partial charge in [-0.1, -0.05) is 35.1 Å². The number of ether oxygens (including phenoxy) is 1. The van der Waals surface area contributed by atoms with Gasteiger partial charge in [0.2, 0.25) is 5.91 Å². The highest BCUT2D eigenvalue weighted by Gasteiger charge is 2.55. The summed E-state index contributed by atoms with van der Waals surface area (Å²) in [5.74, 6) is -0.776. The Labute approximate surface area is 166 Å². The monoisotopic (exact) mass is 393 g/mol. The number of nitrogens with one attached hydrogen (secondary N) is 1. The van der Waals surface area contributed by atoms with Gasteiger partial charge in [-0.15, -0.1) is 0 Å². The zero-order chi connectivity index (χ0) is 20.5. The first-order valence-corrected chi connectivity index (χ1v) is 9.04. The van der Waals surface area contributed by atoms with E-state index in [0.717, 1.165) is 10.5 Å². The molecule has 1 fully saturated rings. The largest absolute Gasteiger partial charge is 0.495 e. The number of benzene rings is 2. The van der Waals surface area contributed by atoms with Crippen LogP contribution in [0.4, 0.5) is 11.4 Å². The third kappa shape index (κ3) is 3.31. The van der Waals surface area contributed by atoms with Crippen LogP contribution in [-0.2, 0) is 14.4 Å². The van der Waals surface area contributed by atoms with Crippen LogP contribution < -0.4 is 15.0 Å². The second-order valence-electron chi connectivity index (χ2n) is 6.79. The van der Waals surface area contributed by atoms with Crippen LogP contribution in [0.15, 0.2) is 58.9 Å². The van der Waals surface area contributed by atoms with Gasteiger partial charge in [0, 0.05) is 0 Å². The topological polar surface area (TPSA) is 104 Å². The third-order valence-electron chi connectivity index (χ3n) is 4.84. The van der Waals surface area contributed by atoms with E-state index in [1.807, 2.05) is 19.1 Å². The molecule has 2 aromatic rings. The summed E-state index contributed by atoms with van der Waals surface area (Å²) >= 11 is 0. The van der Waals surface area contributed by atoms with E-state index in [0.29, 0.717) is 17.1 Å². The van der Waals surface area contributed by atoms with E-state index in [4.69, 9.17) is 4.74 Å². The SMILES string of the molecule is COc1ccccc1NC(=O)CN1N=N[C@@H]2C(=O)N(c3ccc(C)cc3)C(=O)[C@H]21. The molecule has 0 bridgehead atoms. The number of anilines is 2. The van der Waals surface area contributed by atoms with Crippen LogP contribution >= 0.6 is 0 Å². The van der Waals surface area contributed by atoms with E-state index < -0.39 is 29.8 Å². The number of imide groups is 1. The maximum Gasteiger partial charge on any atom is 0.263 e. The fraction of sp³-hybridized carbons (Fsp3) is 0.250. The Morgan fingerprint density at radius 3 is 2.55 bits per heavy atom. The Morgan fingerprint density at radius 1 is 1.10 bits per heavy atom. The zero-order valence-electron chi connectivity index (χ0n) is 15.9. The molecule has 4 rings (SSSR count).